The smallest absolute Gasteiger partial charge is 0.407 e. The monoisotopic (exact) mass is 439 g/mol. The Bertz CT molecular complexity index is 1080. The van der Waals surface area contributed by atoms with E-state index < -0.39 is 5.60 Å². The number of carbonyl (C=O) groups is 1. The normalized spacial score (nSPS) is 18.5. The highest BCUT2D eigenvalue weighted by Gasteiger charge is 2.26. The number of rotatable bonds is 6. The molecule has 2 aromatic heterocycles. The van der Waals surface area contributed by atoms with E-state index in [-0.39, 0.29) is 12.1 Å². The first-order valence-electron chi connectivity index (χ1n) is 10.8. The Hall–Kier alpha value is -3.43. The van der Waals surface area contributed by atoms with E-state index in [1.54, 1.807) is 18.0 Å². The van der Waals surface area contributed by atoms with Gasteiger partial charge in [0.2, 0.25) is 5.95 Å². The highest BCUT2D eigenvalue weighted by Crippen LogP contribution is 2.27. The van der Waals surface area contributed by atoms with Gasteiger partial charge in [0.25, 0.3) is 0 Å². The van der Waals surface area contributed by atoms with Crippen LogP contribution < -0.4 is 15.4 Å². The first-order chi connectivity index (χ1) is 15.3. The lowest BCUT2D eigenvalue weighted by atomic mass is 10.1. The fourth-order valence-corrected chi connectivity index (χ4v) is 3.81. The summed E-state index contributed by atoms with van der Waals surface area (Å²) < 4.78 is 12.2. The van der Waals surface area contributed by atoms with Crippen molar-refractivity contribution in [2.75, 3.05) is 19.0 Å². The van der Waals surface area contributed by atoms with Crippen LogP contribution in [0.5, 0.6) is 5.75 Å². The minimum Gasteiger partial charge on any atom is -0.497 e. The average molecular weight is 440 g/mol. The molecule has 2 atom stereocenters. The molecule has 0 aliphatic heterocycles. The first-order valence-corrected chi connectivity index (χ1v) is 10.8. The highest BCUT2D eigenvalue weighted by molar-refractivity contribution is 5.72. The number of nitrogens with one attached hydrogen (secondary N) is 2. The molecule has 0 saturated heterocycles. The SMILES string of the molecule is COc1ccc(-n2nnc3cnc(NC4CCC(CNC(=O)OC(C)(C)C)C4)nc32)cc1. The molecular weight excluding hydrogens is 410 g/mol. The molecule has 3 aromatic rings. The highest BCUT2D eigenvalue weighted by atomic mass is 16.6. The summed E-state index contributed by atoms with van der Waals surface area (Å²) in [4.78, 5) is 20.9. The lowest BCUT2D eigenvalue weighted by Crippen LogP contribution is -2.35. The summed E-state index contributed by atoms with van der Waals surface area (Å²) in [6.07, 6.45) is 4.22. The minimum atomic E-state index is -0.493. The van der Waals surface area contributed by atoms with Crippen molar-refractivity contribution >= 4 is 23.2 Å². The molecule has 0 bridgehead atoms. The summed E-state index contributed by atoms with van der Waals surface area (Å²) in [5, 5.41) is 14.7. The molecule has 0 radical (unpaired) electrons. The quantitative estimate of drug-likeness (QED) is 0.601. The third-order valence-electron chi connectivity index (χ3n) is 5.32. The van der Waals surface area contributed by atoms with Crippen LogP contribution in [0.4, 0.5) is 10.7 Å². The topological polar surface area (TPSA) is 116 Å². The van der Waals surface area contributed by atoms with Crippen LogP contribution in [0.25, 0.3) is 16.9 Å². The number of anilines is 1. The van der Waals surface area contributed by atoms with Crippen LogP contribution in [-0.4, -0.2) is 56.4 Å². The molecule has 10 nitrogen and oxygen atoms in total. The molecule has 0 spiro atoms. The molecule has 4 rings (SSSR count). The molecule has 1 aliphatic rings. The summed E-state index contributed by atoms with van der Waals surface area (Å²) in [5.74, 6) is 1.70. The van der Waals surface area contributed by atoms with Gasteiger partial charge in [0, 0.05) is 12.6 Å². The van der Waals surface area contributed by atoms with E-state index in [4.69, 9.17) is 9.47 Å². The van der Waals surface area contributed by atoms with Crippen molar-refractivity contribution in [1.29, 1.82) is 0 Å². The molecule has 1 aromatic carbocycles. The number of amides is 1. The Labute approximate surface area is 186 Å². The zero-order valence-electron chi connectivity index (χ0n) is 18.8. The second kappa shape index (κ2) is 8.97. The number of ether oxygens (including phenoxy) is 2. The lowest BCUT2D eigenvalue weighted by Gasteiger charge is -2.20. The molecule has 2 unspecified atom stereocenters. The summed E-state index contributed by atoms with van der Waals surface area (Å²) in [7, 11) is 1.63. The fourth-order valence-electron chi connectivity index (χ4n) is 3.81. The summed E-state index contributed by atoms with van der Waals surface area (Å²) >= 11 is 0. The van der Waals surface area contributed by atoms with Gasteiger partial charge in [-0.15, -0.1) is 5.10 Å². The lowest BCUT2D eigenvalue weighted by molar-refractivity contribution is 0.0519. The Balaban J connectivity index is 1.38. The predicted octanol–water partition coefficient (Wildman–Crippen LogP) is 3.32. The average Bonchev–Trinajstić information content (AvgIpc) is 3.38. The summed E-state index contributed by atoms with van der Waals surface area (Å²) in [6, 6.07) is 7.78. The van der Waals surface area contributed by atoms with E-state index in [0.717, 1.165) is 30.7 Å². The molecule has 32 heavy (non-hydrogen) atoms. The number of nitrogens with zero attached hydrogens (tertiary/aromatic N) is 5. The number of alkyl carbamates (subject to hydrolysis) is 1. The number of aromatic nitrogens is 5. The van der Waals surface area contributed by atoms with E-state index in [2.05, 4.69) is 30.9 Å². The summed E-state index contributed by atoms with van der Waals surface area (Å²) in [6.45, 7) is 6.17. The van der Waals surface area contributed by atoms with Crippen molar-refractivity contribution in [2.24, 2.45) is 5.92 Å². The van der Waals surface area contributed by atoms with Crippen LogP contribution in [0.1, 0.15) is 40.0 Å². The second-order valence-corrected chi connectivity index (χ2v) is 9.00. The van der Waals surface area contributed by atoms with E-state index >= 15 is 0 Å². The number of methoxy groups -OCH3 is 1. The van der Waals surface area contributed by atoms with Gasteiger partial charge >= 0.3 is 6.09 Å². The van der Waals surface area contributed by atoms with Crippen LogP contribution >= 0.6 is 0 Å². The van der Waals surface area contributed by atoms with Gasteiger partial charge in [-0.1, -0.05) is 5.21 Å². The molecule has 2 heterocycles. The van der Waals surface area contributed by atoms with Crippen molar-refractivity contribution in [2.45, 2.75) is 51.7 Å². The van der Waals surface area contributed by atoms with Gasteiger partial charge < -0.3 is 20.1 Å². The van der Waals surface area contributed by atoms with Gasteiger partial charge in [-0.3, -0.25) is 0 Å². The van der Waals surface area contributed by atoms with Gasteiger partial charge in [0.05, 0.1) is 19.0 Å². The molecule has 1 aliphatic carbocycles. The minimum absolute atomic E-state index is 0.239. The van der Waals surface area contributed by atoms with Gasteiger partial charge in [-0.25, -0.2) is 9.78 Å². The Kier molecular flexibility index (Phi) is 6.11. The maximum Gasteiger partial charge on any atom is 0.407 e. The fraction of sp³-hybridized carbons (Fsp3) is 0.500. The van der Waals surface area contributed by atoms with Gasteiger partial charge in [-0.05, 0) is 70.2 Å². The van der Waals surface area contributed by atoms with Crippen molar-refractivity contribution < 1.29 is 14.3 Å². The van der Waals surface area contributed by atoms with E-state index in [1.165, 1.54) is 0 Å². The zero-order chi connectivity index (χ0) is 22.7. The van der Waals surface area contributed by atoms with E-state index in [1.807, 2.05) is 45.0 Å². The number of carbonyl (C=O) groups excluding carboxylic acids is 1. The molecule has 10 heteroatoms. The van der Waals surface area contributed by atoms with Crippen LogP contribution in [0.15, 0.2) is 30.5 Å². The number of hydrogen-bond acceptors (Lipinski definition) is 8. The van der Waals surface area contributed by atoms with Crippen molar-refractivity contribution in [3.8, 4) is 11.4 Å². The van der Waals surface area contributed by atoms with Crippen molar-refractivity contribution in [3.05, 3.63) is 30.5 Å². The predicted molar refractivity (Wildman–Crippen MR) is 120 cm³/mol. The maximum atomic E-state index is 11.9. The van der Waals surface area contributed by atoms with Gasteiger partial charge in [0.15, 0.2) is 11.2 Å². The zero-order valence-corrected chi connectivity index (χ0v) is 18.8. The van der Waals surface area contributed by atoms with Crippen LogP contribution in [0.2, 0.25) is 0 Å². The molecule has 170 valence electrons. The molecule has 2 N–H and O–H groups in total. The molecule has 1 fully saturated rings. The van der Waals surface area contributed by atoms with Crippen molar-refractivity contribution in [3.63, 3.8) is 0 Å². The third kappa shape index (κ3) is 5.24. The Morgan fingerprint density at radius 2 is 2.00 bits per heavy atom. The largest absolute Gasteiger partial charge is 0.497 e. The first kappa shape index (κ1) is 21.8. The van der Waals surface area contributed by atoms with Crippen LogP contribution in [0.3, 0.4) is 0 Å². The van der Waals surface area contributed by atoms with Crippen molar-refractivity contribution in [1.82, 2.24) is 30.3 Å². The Morgan fingerprint density at radius 1 is 1.22 bits per heavy atom. The molecule has 1 saturated carbocycles. The van der Waals surface area contributed by atoms with Gasteiger partial charge in [0.1, 0.15) is 11.4 Å². The van der Waals surface area contributed by atoms with Gasteiger partial charge in [-0.2, -0.15) is 9.67 Å². The van der Waals surface area contributed by atoms with E-state index in [0.29, 0.717) is 29.6 Å². The third-order valence-corrected chi connectivity index (χ3v) is 5.32. The Morgan fingerprint density at radius 3 is 2.72 bits per heavy atom. The maximum absolute atomic E-state index is 11.9. The molecular formula is C22H29N7O3. The van der Waals surface area contributed by atoms with Crippen LogP contribution in [-0.2, 0) is 4.74 Å². The number of benzene rings is 1. The number of fused-ring (bicyclic) bond motifs is 1. The van der Waals surface area contributed by atoms with Crippen LogP contribution in [0, 0.1) is 5.92 Å². The summed E-state index contributed by atoms with van der Waals surface area (Å²) in [5.41, 5.74) is 1.60. The number of hydrogen-bond donors (Lipinski definition) is 2. The molecule has 1 amide bonds. The standard InChI is InChI=1S/C22H29N7O3/c1-22(2,3)32-21(30)24-12-14-5-6-15(11-14)25-20-23-13-18-19(26-20)29(28-27-18)16-7-9-17(31-4)10-8-16/h7-10,13-15H,5-6,11-12H2,1-4H3,(H,24,30)(H,23,25,26). The second-order valence-electron chi connectivity index (χ2n) is 9.00. The van der Waals surface area contributed by atoms with E-state index in [9.17, 15) is 4.79 Å².